The summed E-state index contributed by atoms with van der Waals surface area (Å²) in [5, 5.41) is 9.88. The first-order valence-corrected chi connectivity index (χ1v) is 4.16. The van der Waals surface area contributed by atoms with Gasteiger partial charge >= 0.3 is 0 Å². The summed E-state index contributed by atoms with van der Waals surface area (Å²) in [5.41, 5.74) is 1.08. The van der Waals surface area contributed by atoms with Gasteiger partial charge in [-0.05, 0) is 12.1 Å². The molecule has 1 aliphatic rings. The van der Waals surface area contributed by atoms with Crippen LogP contribution in [0.15, 0.2) is 24.3 Å². The van der Waals surface area contributed by atoms with Crippen LogP contribution in [0.25, 0.3) is 0 Å². The number of amides is 1. The summed E-state index contributed by atoms with van der Waals surface area (Å²) in [7, 11) is 0. The van der Waals surface area contributed by atoms with E-state index in [0.717, 1.165) is 6.92 Å². The molecule has 0 unspecified atom stereocenters. The van der Waals surface area contributed by atoms with Crippen molar-refractivity contribution in [3.8, 4) is 0 Å². The number of carbonyl (C=O) groups excluding carboxylic acids is 2. The van der Waals surface area contributed by atoms with Gasteiger partial charge in [-0.3, -0.25) is 14.4 Å². The third-order valence-corrected chi connectivity index (χ3v) is 1.63. The van der Waals surface area contributed by atoms with Crippen LogP contribution in [-0.2, 0) is 9.59 Å². The third kappa shape index (κ3) is 2.63. The molecule has 1 aromatic carbocycles. The topological polar surface area (TPSA) is 83.5 Å². The maximum absolute atomic E-state index is 11.0. The number of benzene rings is 1. The molecule has 2 N–H and O–H groups in total. The Balaban J connectivity index is 0.000000245. The zero-order chi connectivity index (χ0) is 11.4. The Kier molecular flexibility index (Phi) is 3.17. The second kappa shape index (κ2) is 4.36. The molecule has 15 heavy (non-hydrogen) atoms. The first-order valence-electron chi connectivity index (χ1n) is 4.16. The number of nitrogens with one attached hydrogen (secondary N) is 1. The molecule has 5 heteroatoms. The highest BCUT2D eigenvalue weighted by molar-refractivity contribution is 6.51. The quantitative estimate of drug-likeness (QED) is 0.619. The molecule has 0 aliphatic carbocycles. The highest BCUT2D eigenvalue weighted by Crippen LogP contribution is 2.21. The lowest BCUT2D eigenvalue weighted by Gasteiger charge is -1.91. The average molecular weight is 207 g/mol. The van der Waals surface area contributed by atoms with Gasteiger partial charge in [0, 0.05) is 6.92 Å². The molecular formula is C10H9NO4. The average Bonchev–Trinajstić information content (AvgIpc) is 2.43. The van der Waals surface area contributed by atoms with Gasteiger partial charge in [-0.1, -0.05) is 12.1 Å². The van der Waals surface area contributed by atoms with Crippen LogP contribution in [0.5, 0.6) is 0 Å². The summed E-state index contributed by atoms with van der Waals surface area (Å²) in [6.07, 6.45) is 0. The molecule has 5 nitrogen and oxygen atoms in total. The number of aliphatic carboxylic acids is 1. The van der Waals surface area contributed by atoms with Crippen LogP contribution in [0.4, 0.5) is 5.69 Å². The standard InChI is InChI=1S/C8H5NO2.C2H4O2/c10-7-5-3-1-2-4-6(5)9-8(7)11;1-2(3)4/h1-4H,(H,9,10,11);1H3,(H,3,4). The monoisotopic (exact) mass is 207 g/mol. The predicted molar refractivity (Wildman–Crippen MR) is 52.7 cm³/mol. The number of para-hydroxylation sites is 1. The van der Waals surface area contributed by atoms with Crippen LogP contribution in [-0.4, -0.2) is 22.8 Å². The van der Waals surface area contributed by atoms with E-state index in [1.165, 1.54) is 0 Å². The number of fused-ring (bicyclic) bond motifs is 1. The summed E-state index contributed by atoms with van der Waals surface area (Å²) in [6.45, 7) is 1.08. The van der Waals surface area contributed by atoms with Gasteiger partial charge in [0.1, 0.15) is 0 Å². The van der Waals surface area contributed by atoms with Gasteiger partial charge in [-0.25, -0.2) is 0 Å². The van der Waals surface area contributed by atoms with E-state index in [9.17, 15) is 9.59 Å². The number of carboxylic acids is 1. The van der Waals surface area contributed by atoms with Crippen molar-refractivity contribution in [3.05, 3.63) is 29.8 Å². The van der Waals surface area contributed by atoms with Gasteiger partial charge in [0.2, 0.25) is 0 Å². The van der Waals surface area contributed by atoms with Gasteiger partial charge in [-0.2, -0.15) is 0 Å². The van der Waals surface area contributed by atoms with Gasteiger partial charge in [0.25, 0.3) is 17.7 Å². The minimum absolute atomic E-state index is 0.444. The maximum atomic E-state index is 11.0. The zero-order valence-electron chi connectivity index (χ0n) is 7.98. The van der Waals surface area contributed by atoms with E-state index in [-0.39, 0.29) is 0 Å². The predicted octanol–water partition coefficient (Wildman–Crippen LogP) is 0.912. The van der Waals surface area contributed by atoms with Crippen LogP contribution in [0.3, 0.4) is 0 Å². The van der Waals surface area contributed by atoms with Crippen molar-refractivity contribution in [2.75, 3.05) is 5.32 Å². The first kappa shape index (κ1) is 10.9. The fraction of sp³-hybridized carbons (Fsp3) is 0.100. The Bertz CT molecular complexity index is 421. The second-order valence-electron chi connectivity index (χ2n) is 2.85. The van der Waals surface area contributed by atoms with Crippen LogP contribution in [0, 0.1) is 0 Å². The largest absolute Gasteiger partial charge is 0.481 e. The van der Waals surface area contributed by atoms with Crippen LogP contribution >= 0.6 is 0 Å². The Morgan fingerprint density at radius 3 is 2.33 bits per heavy atom. The van der Waals surface area contributed by atoms with Gasteiger partial charge in [-0.15, -0.1) is 0 Å². The van der Waals surface area contributed by atoms with E-state index in [1.54, 1.807) is 24.3 Å². The number of anilines is 1. The van der Waals surface area contributed by atoms with Crippen molar-refractivity contribution in [1.82, 2.24) is 0 Å². The lowest BCUT2D eigenvalue weighted by molar-refractivity contribution is -0.134. The highest BCUT2D eigenvalue weighted by Gasteiger charge is 2.26. The lowest BCUT2D eigenvalue weighted by atomic mass is 10.1. The number of hydrogen-bond acceptors (Lipinski definition) is 3. The van der Waals surface area contributed by atoms with E-state index in [1.807, 2.05) is 0 Å². The summed E-state index contributed by atoms with van der Waals surface area (Å²) in [5.74, 6) is -1.81. The third-order valence-electron chi connectivity index (χ3n) is 1.63. The van der Waals surface area contributed by atoms with Gasteiger partial charge in [0.05, 0.1) is 11.3 Å². The molecule has 0 bridgehead atoms. The molecule has 78 valence electrons. The number of carboxylic acid groups (broad SMARTS) is 1. The molecule has 1 aliphatic heterocycles. The molecule has 2 rings (SSSR count). The summed E-state index contributed by atoms with van der Waals surface area (Å²) < 4.78 is 0. The van der Waals surface area contributed by atoms with E-state index >= 15 is 0 Å². The van der Waals surface area contributed by atoms with E-state index in [4.69, 9.17) is 9.90 Å². The Labute approximate surface area is 85.7 Å². The number of carbonyl (C=O) groups is 3. The zero-order valence-corrected chi connectivity index (χ0v) is 7.98. The summed E-state index contributed by atoms with van der Waals surface area (Å²) in [6, 6.07) is 6.85. The van der Waals surface area contributed by atoms with E-state index in [0.29, 0.717) is 11.3 Å². The molecule has 0 aromatic heterocycles. The number of rotatable bonds is 0. The van der Waals surface area contributed by atoms with E-state index in [2.05, 4.69) is 5.32 Å². The van der Waals surface area contributed by atoms with Gasteiger partial charge in [0.15, 0.2) is 0 Å². The Hall–Kier alpha value is -2.17. The fourth-order valence-electron chi connectivity index (χ4n) is 1.09. The van der Waals surface area contributed by atoms with Gasteiger partial charge < -0.3 is 10.4 Å². The second-order valence-corrected chi connectivity index (χ2v) is 2.85. The van der Waals surface area contributed by atoms with Crippen LogP contribution < -0.4 is 5.32 Å². The Morgan fingerprint density at radius 2 is 1.80 bits per heavy atom. The molecule has 1 amide bonds. The molecule has 0 saturated carbocycles. The van der Waals surface area contributed by atoms with Crippen molar-refractivity contribution < 1.29 is 19.5 Å². The minimum atomic E-state index is -0.833. The fourth-order valence-corrected chi connectivity index (χ4v) is 1.09. The molecule has 1 aromatic rings. The van der Waals surface area contributed by atoms with Crippen LogP contribution in [0.2, 0.25) is 0 Å². The highest BCUT2D eigenvalue weighted by atomic mass is 16.4. The lowest BCUT2D eigenvalue weighted by Crippen LogP contribution is -2.12. The Morgan fingerprint density at radius 1 is 1.27 bits per heavy atom. The van der Waals surface area contributed by atoms with E-state index < -0.39 is 17.7 Å². The minimum Gasteiger partial charge on any atom is -0.481 e. The molecule has 0 atom stereocenters. The van der Waals surface area contributed by atoms with Crippen molar-refractivity contribution in [3.63, 3.8) is 0 Å². The number of ketones is 1. The van der Waals surface area contributed by atoms with Crippen molar-refractivity contribution >= 4 is 23.3 Å². The number of hydrogen-bond donors (Lipinski definition) is 2. The SMILES string of the molecule is CC(=O)O.O=C1Nc2ccccc2C1=O. The van der Waals surface area contributed by atoms with Crippen LogP contribution in [0.1, 0.15) is 17.3 Å². The molecule has 0 fully saturated rings. The molecular weight excluding hydrogens is 198 g/mol. The van der Waals surface area contributed by atoms with Crippen molar-refractivity contribution in [2.45, 2.75) is 6.92 Å². The molecule has 0 radical (unpaired) electrons. The number of Topliss-reactive ketones (excluding diaryl/α,β-unsaturated/α-hetero) is 1. The molecule has 1 heterocycles. The van der Waals surface area contributed by atoms with Crippen molar-refractivity contribution in [2.24, 2.45) is 0 Å². The first-order chi connectivity index (χ1) is 7.02. The summed E-state index contributed by atoms with van der Waals surface area (Å²) in [4.78, 5) is 30.8. The maximum Gasteiger partial charge on any atom is 0.300 e. The smallest absolute Gasteiger partial charge is 0.300 e. The van der Waals surface area contributed by atoms with Crippen molar-refractivity contribution in [1.29, 1.82) is 0 Å². The normalized spacial score (nSPS) is 12.3. The molecule has 0 spiro atoms. The summed E-state index contributed by atoms with van der Waals surface area (Å²) >= 11 is 0. The molecule has 0 saturated heterocycles.